The van der Waals surface area contributed by atoms with Gasteiger partial charge in [-0.25, -0.2) is 0 Å². The average molecular weight is 292 g/mol. The van der Waals surface area contributed by atoms with Gasteiger partial charge in [-0.2, -0.15) is 0 Å². The Kier molecular flexibility index (Phi) is 5.59. The van der Waals surface area contributed by atoms with Gasteiger partial charge in [0.2, 0.25) is 0 Å². The first kappa shape index (κ1) is 15.8. The number of nitrogens with two attached hydrogens (primary N) is 1. The normalized spacial score (nSPS) is 19.3. The standard InChI is InChI=1S/C16H24N2O3/c1-20-15-9-12(6-7-13(15)10-17)11-18-8-4-3-5-14(18)16(19)21-2/h6-7,9,14H,3-5,8,10-11,17H2,1-2H3. The summed E-state index contributed by atoms with van der Waals surface area (Å²) in [5.41, 5.74) is 7.80. The van der Waals surface area contributed by atoms with E-state index in [4.69, 9.17) is 15.2 Å². The molecule has 1 aliphatic rings. The highest BCUT2D eigenvalue weighted by Crippen LogP contribution is 2.24. The third-order valence-electron chi connectivity index (χ3n) is 4.04. The molecule has 0 aliphatic carbocycles. The van der Waals surface area contributed by atoms with E-state index in [2.05, 4.69) is 4.90 Å². The molecule has 0 radical (unpaired) electrons. The molecule has 1 unspecified atom stereocenters. The minimum Gasteiger partial charge on any atom is -0.496 e. The van der Waals surface area contributed by atoms with Crippen LogP contribution in [0.5, 0.6) is 5.75 Å². The summed E-state index contributed by atoms with van der Waals surface area (Å²) in [6.07, 6.45) is 3.06. The molecule has 0 aromatic heterocycles. The molecule has 1 aliphatic heterocycles. The number of esters is 1. The number of methoxy groups -OCH3 is 2. The van der Waals surface area contributed by atoms with Gasteiger partial charge >= 0.3 is 5.97 Å². The summed E-state index contributed by atoms with van der Waals surface area (Å²) in [4.78, 5) is 14.1. The van der Waals surface area contributed by atoms with E-state index >= 15 is 0 Å². The molecule has 1 aromatic rings. The van der Waals surface area contributed by atoms with E-state index < -0.39 is 0 Å². The van der Waals surface area contributed by atoms with Crippen molar-refractivity contribution in [3.8, 4) is 5.75 Å². The lowest BCUT2D eigenvalue weighted by atomic mass is 10.0. The van der Waals surface area contributed by atoms with Gasteiger partial charge < -0.3 is 15.2 Å². The van der Waals surface area contributed by atoms with Gasteiger partial charge in [-0.05, 0) is 31.0 Å². The second-order valence-corrected chi connectivity index (χ2v) is 5.36. The van der Waals surface area contributed by atoms with Gasteiger partial charge in [0.15, 0.2) is 0 Å². The second kappa shape index (κ2) is 7.43. The summed E-state index contributed by atoms with van der Waals surface area (Å²) in [6, 6.07) is 5.91. The molecule has 2 rings (SSSR count). The van der Waals surface area contributed by atoms with E-state index in [9.17, 15) is 4.79 Å². The molecule has 1 heterocycles. The zero-order valence-electron chi connectivity index (χ0n) is 12.8. The fraction of sp³-hybridized carbons (Fsp3) is 0.562. The van der Waals surface area contributed by atoms with Gasteiger partial charge in [0.1, 0.15) is 11.8 Å². The first-order chi connectivity index (χ1) is 10.2. The summed E-state index contributed by atoms with van der Waals surface area (Å²) < 4.78 is 10.3. The first-order valence-electron chi connectivity index (χ1n) is 7.37. The number of carbonyl (C=O) groups excluding carboxylic acids is 1. The summed E-state index contributed by atoms with van der Waals surface area (Å²) >= 11 is 0. The molecule has 0 spiro atoms. The van der Waals surface area contributed by atoms with Crippen molar-refractivity contribution in [2.24, 2.45) is 5.73 Å². The van der Waals surface area contributed by atoms with E-state index in [-0.39, 0.29) is 12.0 Å². The smallest absolute Gasteiger partial charge is 0.323 e. The summed E-state index contributed by atoms with van der Waals surface area (Å²) in [5.74, 6) is 0.668. The van der Waals surface area contributed by atoms with Crippen LogP contribution in [-0.2, 0) is 22.6 Å². The van der Waals surface area contributed by atoms with E-state index in [0.717, 1.165) is 49.2 Å². The Balaban J connectivity index is 2.13. The van der Waals surface area contributed by atoms with Crippen LogP contribution in [0.4, 0.5) is 0 Å². The summed E-state index contributed by atoms with van der Waals surface area (Å²) in [5, 5.41) is 0. The largest absolute Gasteiger partial charge is 0.496 e. The van der Waals surface area contributed by atoms with Gasteiger partial charge in [-0.1, -0.05) is 18.6 Å². The lowest BCUT2D eigenvalue weighted by Gasteiger charge is -2.33. The van der Waals surface area contributed by atoms with Crippen molar-refractivity contribution in [2.75, 3.05) is 20.8 Å². The maximum absolute atomic E-state index is 11.9. The summed E-state index contributed by atoms with van der Waals surface area (Å²) in [7, 11) is 3.10. The van der Waals surface area contributed by atoms with Gasteiger partial charge in [0.05, 0.1) is 14.2 Å². The van der Waals surface area contributed by atoms with E-state index in [1.165, 1.54) is 7.11 Å². The number of likely N-dealkylation sites (tertiary alicyclic amines) is 1. The quantitative estimate of drug-likeness (QED) is 0.837. The number of benzene rings is 1. The van der Waals surface area contributed by atoms with Crippen LogP contribution in [0.25, 0.3) is 0 Å². The van der Waals surface area contributed by atoms with Crippen molar-refractivity contribution in [2.45, 2.75) is 38.4 Å². The predicted molar refractivity (Wildman–Crippen MR) is 81.0 cm³/mol. The monoisotopic (exact) mass is 292 g/mol. The van der Waals surface area contributed by atoms with Gasteiger partial charge in [-0.3, -0.25) is 9.69 Å². The summed E-state index contributed by atoms with van der Waals surface area (Å²) in [6.45, 7) is 2.10. The van der Waals surface area contributed by atoms with Crippen LogP contribution >= 0.6 is 0 Å². The molecule has 1 fully saturated rings. The highest BCUT2D eigenvalue weighted by molar-refractivity contribution is 5.75. The van der Waals surface area contributed by atoms with Crippen LogP contribution in [0, 0.1) is 0 Å². The molecule has 0 saturated carbocycles. The topological polar surface area (TPSA) is 64.8 Å². The van der Waals surface area contributed by atoms with Crippen molar-refractivity contribution in [3.63, 3.8) is 0 Å². The number of carbonyl (C=O) groups is 1. The number of hydrogen-bond acceptors (Lipinski definition) is 5. The molecule has 1 atom stereocenters. The molecule has 0 amide bonds. The Morgan fingerprint density at radius 2 is 2.19 bits per heavy atom. The fourth-order valence-corrected chi connectivity index (χ4v) is 2.87. The second-order valence-electron chi connectivity index (χ2n) is 5.36. The molecule has 116 valence electrons. The molecule has 2 N–H and O–H groups in total. The zero-order chi connectivity index (χ0) is 15.2. The Morgan fingerprint density at radius 3 is 2.86 bits per heavy atom. The highest BCUT2D eigenvalue weighted by Gasteiger charge is 2.29. The molecular formula is C16H24N2O3. The highest BCUT2D eigenvalue weighted by atomic mass is 16.5. The van der Waals surface area contributed by atoms with Crippen LogP contribution in [0.1, 0.15) is 30.4 Å². The average Bonchev–Trinajstić information content (AvgIpc) is 2.54. The molecule has 21 heavy (non-hydrogen) atoms. The first-order valence-corrected chi connectivity index (χ1v) is 7.37. The minimum atomic E-state index is -0.139. The van der Waals surface area contributed by atoms with Gasteiger partial charge in [0, 0.05) is 18.7 Å². The molecule has 5 nitrogen and oxygen atoms in total. The lowest BCUT2D eigenvalue weighted by Crippen LogP contribution is -2.44. The van der Waals surface area contributed by atoms with Crippen LogP contribution in [-0.4, -0.2) is 37.7 Å². The van der Waals surface area contributed by atoms with Crippen molar-refractivity contribution in [3.05, 3.63) is 29.3 Å². The molecule has 5 heteroatoms. The number of hydrogen-bond donors (Lipinski definition) is 1. The maximum Gasteiger partial charge on any atom is 0.323 e. The van der Waals surface area contributed by atoms with Crippen LogP contribution in [0.3, 0.4) is 0 Å². The Bertz CT molecular complexity index is 490. The predicted octanol–water partition coefficient (Wildman–Crippen LogP) is 1.68. The number of ether oxygens (including phenoxy) is 2. The van der Waals surface area contributed by atoms with Crippen LogP contribution < -0.4 is 10.5 Å². The fourth-order valence-electron chi connectivity index (χ4n) is 2.87. The minimum absolute atomic E-state index is 0.135. The molecule has 1 aromatic carbocycles. The van der Waals surface area contributed by atoms with E-state index in [1.807, 2.05) is 18.2 Å². The molecular weight excluding hydrogens is 268 g/mol. The Labute approximate surface area is 126 Å². The maximum atomic E-state index is 11.9. The third-order valence-corrected chi connectivity index (χ3v) is 4.04. The van der Waals surface area contributed by atoms with Crippen molar-refractivity contribution in [1.82, 2.24) is 4.90 Å². The van der Waals surface area contributed by atoms with Gasteiger partial charge in [0.25, 0.3) is 0 Å². The van der Waals surface area contributed by atoms with Crippen LogP contribution in [0.2, 0.25) is 0 Å². The van der Waals surface area contributed by atoms with Crippen molar-refractivity contribution < 1.29 is 14.3 Å². The SMILES string of the molecule is COC(=O)C1CCCCN1Cc1ccc(CN)c(OC)c1. The van der Waals surface area contributed by atoms with Crippen LogP contribution in [0.15, 0.2) is 18.2 Å². The zero-order valence-corrected chi connectivity index (χ0v) is 12.8. The van der Waals surface area contributed by atoms with E-state index in [0.29, 0.717) is 6.54 Å². The molecule has 1 saturated heterocycles. The Morgan fingerprint density at radius 1 is 1.38 bits per heavy atom. The molecule has 0 bridgehead atoms. The van der Waals surface area contributed by atoms with Crippen molar-refractivity contribution in [1.29, 1.82) is 0 Å². The third kappa shape index (κ3) is 3.74. The number of nitrogens with zero attached hydrogens (tertiary/aromatic N) is 1. The lowest BCUT2D eigenvalue weighted by molar-refractivity contribution is -0.148. The number of rotatable bonds is 5. The number of piperidine rings is 1. The van der Waals surface area contributed by atoms with E-state index in [1.54, 1.807) is 7.11 Å². The Hall–Kier alpha value is -1.59. The van der Waals surface area contributed by atoms with Crippen molar-refractivity contribution >= 4 is 5.97 Å². The van der Waals surface area contributed by atoms with Gasteiger partial charge in [-0.15, -0.1) is 0 Å².